The van der Waals surface area contributed by atoms with Crippen LogP contribution in [-0.4, -0.2) is 15.9 Å². The van der Waals surface area contributed by atoms with Crippen LogP contribution in [0.2, 0.25) is 0 Å². The van der Waals surface area contributed by atoms with Crippen molar-refractivity contribution in [3.05, 3.63) is 66.9 Å². The number of nitrogens with one attached hydrogen (secondary N) is 2. The van der Waals surface area contributed by atoms with Crippen molar-refractivity contribution in [3.63, 3.8) is 0 Å². The zero-order valence-corrected chi connectivity index (χ0v) is 13.3. The van der Waals surface area contributed by atoms with Gasteiger partial charge in [-0.05, 0) is 42.5 Å². The van der Waals surface area contributed by atoms with Gasteiger partial charge in [-0.1, -0.05) is 6.92 Å². The van der Waals surface area contributed by atoms with E-state index in [2.05, 4.69) is 20.6 Å². The standard InChI is InChI=1S/C18H18N4O2/c1-13(12-16-4-2-11-24-16)17(23)21-14-5-7-15(8-6-14)22-18-19-9-3-10-20-18/h2-11,13H,12H2,1H3,(H,21,23)(H,19,20,22). The van der Waals surface area contributed by atoms with Crippen LogP contribution in [0.4, 0.5) is 17.3 Å². The summed E-state index contributed by atoms with van der Waals surface area (Å²) in [5.74, 6) is 1.12. The average molecular weight is 322 g/mol. The van der Waals surface area contributed by atoms with Gasteiger partial charge >= 0.3 is 0 Å². The van der Waals surface area contributed by atoms with Gasteiger partial charge in [0.25, 0.3) is 0 Å². The van der Waals surface area contributed by atoms with E-state index in [1.165, 1.54) is 0 Å². The second kappa shape index (κ2) is 7.41. The zero-order chi connectivity index (χ0) is 16.8. The van der Waals surface area contributed by atoms with Crippen LogP contribution >= 0.6 is 0 Å². The third kappa shape index (κ3) is 4.19. The minimum absolute atomic E-state index is 0.0431. The Morgan fingerprint density at radius 3 is 2.46 bits per heavy atom. The van der Waals surface area contributed by atoms with Crippen molar-refractivity contribution >= 4 is 23.2 Å². The lowest BCUT2D eigenvalue weighted by molar-refractivity contribution is -0.119. The summed E-state index contributed by atoms with van der Waals surface area (Å²) in [6.07, 6.45) is 5.53. The third-order valence-corrected chi connectivity index (χ3v) is 3.51. The van der Waals surface area contributed by atoms with Crippen molar-refractivity contribution in [2.24, 2.45) is 5.92 Å². The Morgan fingerprint density at radius 1 is 1.08 bits per heavy atom. The summed E-state index contributed by atoms with van der Waals surface area (Å²) in [7, 11) is 0. The van der Waals surface area contributed by atoms with Gasteiger partial charge in [-0.25, -0.2) is 9.97 Å². The molecule has 1 amide bonds. The highest BCUT2D eigenvalue weighted by molar-refractivity contribution is 5.92. The lowest BCUT2D eigenvalue weighted by Gasteiger charge is -2.11. The van der Waals surface area contributed by atoms with Gasteiger partial charge in [0.2, 0.25) is 11.9 Å². The third-order valence-electron chi connectivity index (χ3n) is 3.51. The molecule has 0 saturated carbocycles. The van der Waals surface area contributed by atoms with Gasteiger partial charge in [0.15, 0.2) is 0 Å². The Labute approximate surface area is 140 Å². The molecule has 1 aromatic carbocycles. The zero-order valence-electron chi connectivity index (χ0n) is 13.3. The fraction of sp³-hybridized carbons (Fsp3) is 0.167. The maximum Gasteiger partial charge on any atom is 0.227 e. The summed E-state index contributed by atoms with van der Waals surface area (Å²) >= 11 is 0. The number of nitrogens with zero attached hydrogens (tertiary/aromatic N) is 2. The Hall–Kier alpha value is -3.15. The maximum absolute atomic E-state index is 12.2. The van der Waals surface area contributed by atoms with Gasteiger partial charge < -0.3 is 15.1 Å². The molecule has 2 heterocycles. The number of rotatable bonds is 6. The number of hydrogen-bond donors (Lipinski definition) is 2. The summed E-state index contributed by atoms with van der Waals surface area (Å²) in [6.45, 7) is 1.88. The molecule has 0 fully saturated rings. The van der Waals surface area contributed by atoms with E-state index in [0.29, 0.717) is 12.4 Å². The predicted molar refractivity (Wildman–Crippen MR) is 92.0 cm³/mol. The van der Waals surface area contributed by atoms with Crippen molar-refractivity contribution in [1.29, 1.82) is 0 Å². The van der Waals surface area contributed by atoms with Crippen molar-refractivity contribution in [2.75, 3.05) is 10.6 Å². The van der Waals surface area contributed by atoms with Gasteiger partial charge in [0.1, 0.15) is 5.76 Å². The SMILES string of the molecule is CC(Cc1ccco1)C(=O)Nc1ccc(Nc2ncccn2)cc1. The molecule has 122 valence electrons. The van der Waals surface area contributed by atoms with Gasteiger partial charge in [-0.3, -0.25) is 4.79 Å². The highest BCUT2D eigenvalue weighted by Gasteiger charge is 2.15. The van der Waals surface area contributed by atoms with Gasteiger partial charge in [0, 0.05) is 36.1 Å². The summed E-state index contributed by atoms with van der Waals surface area (Å²) in [5.41, 5.74) is 1.59. The van der Waals surface area contributed by atoms with Crippen LogP contribution in [0.25, 0.3) is 0 Å². The number of carbonyl (C=O) groups is 1. The first-order chi connectivity index (χ1) is 11.7. The molecule has 0 saturated heterocycles. The minimum atomic E-state index is -0.174. The van der Waals surface area contributed by atoms with Crippen LogP contribution in [0, 0.1) is 5.92 Å². The molecule has 1 unspecified atom stereocenters. The van der Waals surface area contributed by atoms with E-state index in [1.807, 2.05) is 43.3 Å². The number of aromatic nitrogens is 2. The first kappa shape index (κ1) is 15.7. The van der Waals surface area contributed by atoms with E-state index in [0.717, 1.165) is 17.1 Å². The number of hydrogen-bond acceptors (Lipinski definition) is 5. The Kier molecular flexibility index (Phi) is 4.86. The molecule has 0 bridgehead atoms. The normalized spacial score (nSPS) is 11.7. The van der Waals surface area contributed by atoms with Gasteiger partial charge in [0.05, 0.1) is 6.26 Å². The molecule has 0 aliphatic carbocycles. The lowest BCUT2D eigenvalue weighted by Crippen LogP contribution is -2.21. The molecule has 1 atom stereocenters. The Morgan fingerprint density at radius 2 is 1.79 bits per heavy atom. The number of carbonyl (C=O) groups excluding carboxylic acids is 1. The molecule has 0 spiro atoms. The fourth-order valence-electron chi connectivity index (χ4n) is 2.22. The largest absolute Gasteiger partial charge is 0.469 e. The Bertz CT molecular complexity index is 771. The van der Waals surface area contributed by atoms with Crippen LogP contribution in [-0.2, 0) is 11.2 Å². The summed E-state index contributed by atoms with van der Waals surface area (Å²) in [5, 5.41) is 6.00. The number of furan rings is 1. The first-order valence-corrected chi connectivity index (χ1v) is 7.68. The highest BCUT2D eigenvalue weighted by Crippen LogP contribution is 2.18. The van der Waals surface area contributed by atoms with E-state index in [-0.39, 0.29) is 11.8 Å². The van der Waals surface area contributed by atoms with Crippen molar-refractivity contribution < 1.29 is 9.21 Å². The average Bonchev–Trinajstić information content (AvgIpc) is 3.10. The van der Waals surface area contributed by atoms with E-state index >= 15 is 0 Å². The van der Waals surface area contributed by atoms with Crippen molar-refractivity contribution in [1.82, 2.24) is 9.97 Å². The highest BCUT2D eigenvalue weighted by atomic mass is 16.3. The molecule has 6 heteroatoms. The molecule has 0 aliphatic heterocycles. The smallest absolute Gasteiger partial charge is 0.227 e. The second-order valence-electron chi connectivity index (χ2n) is 5.45. The molecule has 2 N–H and O–H groups in total. The molecule has 2 aromatic heterocycles. The summed E-state index contributed by atoms with van der Waals surface area (Å²) < 4.78 is 5.28. The molecule has 3 aromatic rings. The Balaban J connectivity index is 1.56. The van der Waals surface area contributed by atoms with Crippen LogP contribution in [0.5, 0.6) is 0 Å². The monoisotopic (exact) mass is 322 g/mol. The van der Waals surface area contributed by atoms with E-state index in [1.54, 1.807) is 24.7 Å². The van der Waals surface area contributed by atoms with Gasteiger partial charge in [-0.15, -0.1) is 0 Å². The maximum atomic E-state index is 12.2. The molecule has 6 nitrogen and oxygen atoms in total. The van der Waals surface area contributed by atoms with Crippen LogP contribution in [0.15, 0.2) is 65.5 Å². The molecule has 24 heavy (non-hydrogen) atoms. The predicted octanol–water partition coefficient (Wildman–Crippen LogP) is 3.63. The number of benzene rings is 1. The van der Waals surface area contributed by atoms with E-state index in [9.17, 15) is 4.79 Å². The number of amides is 1. The van der Waals surface area contributed by atoms with Gasteiger partial charge in [-0.2, -0.15) is 0 Å². The second-order valence-corrected chi connectivity index (χ2v) is 5.45. The van der Waals surface area contributed by atoms with Crippen molar-refractivity contribution in [3.8, 4) is 0 Å². The topological polar surface area (TPSA) is 80.0 Å². The molecule has 0 aliphatic rings. The lowest BCUT2D eigenvalue weighted by atomic mass is 10.1. The first-order valence-electron chi connectivity index (χ1n) is 7.68. The van der Waals surface area contributed by atoms with Crippen LogP contribution < -0.4 is 10.6 Å². The van der Waals surface area contributed by atoms with Crippen LogP contribution in [0.1, 0.15) is 12.7 Å². The van der Waals surface area contributed by atoms with E-state index < -0.39 is 0 Å². The minimum Gasteiger partial charge on any atom is -0.469 e. The molecule has 3 rings (SSSR count). The summed E-state index contributed by atoms with van der Waals surface area (Å²) in [4.78, 5) is 20.4. The van der Waals surface area contributed by atoms with E-state index in [4.69, 9.17) is 4.42 Å². The molecule has 0 radical (unpaired) electrons. The summed E-state index contributed by atoms with van der Waals surface area (Å²) in [6, 6.07) is 12.9. The quantitative estimate of drug-likeness (QED) is 0.724. The van der Waals surface area contributed by atoms with Crippen LogP contribution in [0.3, 0.4) is 0 Å². The fourth-order valence-corrected chi connectivity index (χ4v) is 2.22. The van der Waals surface area contributed by atoms with Crippen molar-refractivity contribution in [2.45, 2.75) is 13.3 Å². The molecular weight excluding hydrogens is 304 g/mol. The number of anilines is 3. The molecular formula is C18H18N4O2.